The van der Waals surface area contributed by atoms with E-state index in [1.54, 1.807) is 24.3 Å². The molecule has 0 saturated carbocycles. The molecule has 2 aromatic rings. The van der Waals surface area contributed by atoms with Crippen LogP contribution in [0, 0.1) is 11.3 Å². The van der Waals surface area contributed by atoms with Gasteiger partial charge in [0.05, 0.1) is 17.2 Å². The molecule has 0 aromatic heterocycles. The molecule has 29 heavy (non-hydrogen) atoms. The van der Waals surface area contributed by atoms with Gasteiger partial charge in [0.15, 0.2) is 6.61 Å². The number of carbonyl (C=O) groups excluding carboxylic acids is 2. The fourth-order valence-corrected chi connectivity index (χ4v) is 4.35. The van der Waals surface area contributed by atoms with Crippen molar-refractivity contribution in [3.63, 3.8) is 0 Å². The van der Waals surface area contributed by atoms with E-state index in [0.29, 0.717) is 16.9 Å². The van der Waals surface area contributed by atoms with Crippen molar-refractivity contribution in [2.75, 3.05) is 13.2 Å². The summed E-state index contributed by atoms with van der Waals surface area (Å²) in [6.07, 6.45) is 3.13. The Bertz CT molecular complexity index is 905. The number of benzene rings is 2. The summed E-state index contributed by atoms with van der Waals surface area (Å²) in [6.45, 7) is 2.54. The van der Waals surface area contributed by atoms with E-state index in [4.69, 9.17) is 10.00 Å². The number of likely N-dealkylation sites (tertiary alicyclic amines) is 1. The largest absolute Gasteiger partial charge is 0.452 e. The smallest absolute Gasteiger partial charge is 0.339 e. The molecule has 0 bridgehead atoms. The summed E-state index contributed by atoms with van der Waals surface area (Å²) in [6, 6.07) is 16.9. The van der Waals surface area contributed by atoms with Crippen molar-refractivity contribution >= 4 is 23.6 Å². The first kappa shape index (κ1) is 20.9. The zero-order valence-electron chi connectivity index (χ0n) is 16.5. The van der Waals surface area contributed by atoms with E-state index in [0.717, 1.165) is 36.3 Å². The molecular formula is C23H24N2O3S. The zero-order chi connectivity index (χ0) is 20.6. The van der Waals surface area contributed by atoms with Crippen molar-refractivity contribution in [2.24, 2.45) is 0 Å². The second-order valence-corrected chi connectivity index (χ2v) is 8.12. The van der Waals surface area contributed by atoms with E-state index in [-0.39, 0.29) is 18.6 Å². The Hall–Kier alpha value is -2.78. The van der Waals surface area contributed by atoms with Crippen LogP contribution >= 0.6 is 11.8 Å². The number of carbonyl (C=O) groups is 2. The summed E-state index contributed by atoms with van der Waals surface area (Å²) in [4.78, 5) is 27.6. The molecule has 0 spiro atoms. The number of nitriles is 1. The molecule has 5 nitrogen and oxygen atoms in total. The molecule has 6 heteroatoms. The molecule has 1 amide bonds. The summed E-state index contributed by atoms with van der Waals surface area (Å²) in [5.41, 5.74) is 2.15. The minimum Gasteiger partial charge on any atom is -0.452 e. The highest BCUT2D eigenvalue weighted by Crippen LogP contribution is 2.27. The minimum absolute atomic E-state index is 0.131. The van der Waals surface area contributed by atoms with Gasteiger partial charge in [-0.05, 0) is 56.0 Å². The first-order valence-electron chi connectivity index (χ1n) is 9.76. The molecule has 150 valence electrons. The predicted molar refractivity (Wildman–Crippen MR) is 112 cm³/mol. The van der Waals surface area contributed by atoms with Crippen LogP contribution in [0.3, 0.4) is 0 Å². The van der Waals surface area contributed by atoms with Crippen molar-refractivity contribution in [2.45, 2.75) is 42.9 Å². The van der Waals surface area contributed by atoms with Crippen molar-refractivity contribution < 1.29 is 14.3 Å². The monoisotopic (exact) mass is 408 g/mol. The molecule has 0 aliphatic carbocycles. The molecule has 1 saturated heterocycles. The van der Waals surface area contributed by atoms with E-state index in [9.17, 15) is 9.59 Å². The molecule has 0 unspecified atom stereocenters. The molecule has 1 fully saturated rings. The summed E-state index contributed by atoms with van der Waals surface area (Å²) >= 11 is 1.53. The van der Waals surface area contributed by atoms with Crippen LogP contribution in [0.5, 0.6) is 0 Å². The maximum atomic E-state index is 12.6. The topological polar surface area (TPSA) is 70.4 Å². The number of esters is 1. The molecular weight excluding hydrogens is 384 g/mol. The van der Waals surface area contributed by atoms with Gasteiger partial charge in [-0.3, -0.25) is 4.79 Å². The van der Waals surface area contributed by atoms with Crippen molar-refractivity contribution in [3.05, 3.63) is 65.2 Å². The molecule has 1 aliphatic rings. The Morgan fingerprint density at radius 2 is 1.93 bits per heavy atom. The van der Waals surface area contributed by atoms with Gasteiger partial charge in [-0.15, -0.1) is 11.8 Å². The van der Waals surface area contributed by atoms with Gasteiger partial charge >= 0.3 is 5.97 Å². The molecule has 3 rings (SSSR count). The number of rotatable bonds is 6. The number of thioether (sulfide) groups is 1. The lowest BCUT2D eigenvalue weighted by Crippen LogP contribution is -2.44. The van der Waals surface area contributed by atoms with Crippen LogP contribution in [-0.2, 0) is 15.3 Å². The highest BCUT2D eigenvalue weighted by molar-refractivity contribution is 7.98. The normalized spacial score (nSPS) is 16.1. The fourth-order valence-electron chi connectivity index (χ4n) is 3.35. The van der Waals surface area contributed by atoms with Gasteiger partial charge in [0.1, 0.15) is 0 Å². The van der Waals surface area contributed by atoms with Gasteiger partial charge in [-0.2, -0.15) is 5.26 Å². The van der Waals surface area contributed by atoms with Crippen LogP contribution in [-0.4, -0.2) is 36.0 Å². The molecule has 2 aromatic carbocycles. The van der Waals surface area contributed by atoms with E-state index >= 15 is 0 Å². The fraction of sp³-hybridized carbons (Fsp3) is 0.348. The number of piperidine rings is 1. The lowest BCUT2D eigenvalue weighted by Gasteiger charge is -2.33. The zero-order valence-corrected chi connectivity index (χ0v) is 17.3. The maximum Gasteiger partial charge on any atom is 0.339 e. The summed E-state index contributed by atoms with van der Waals surface area (Å²) < 4.78 is 5.33. The van der Waals surface area contributed by atoms with Crippen LogP contribution in [0.25, 0.3) is 0 Å². The van der Waals surface area contributed by atoms with Gasteiger partial charge in [-0.25, -0.2) is 4.79 Å². The summed E-state index contributed by atoms with van der Waals surface area (Å²) in [5.74, 6) is 0.0550. The van der Waals surface area contributed by atoms with Crippen LogP contribution in [0.4, 0.5) is 0 Å². The predicted octanol–water partition coefficient (Wildman–Crippen LogP) is 4.41. The van der Waals surface area contributed by atoms with Crippen molar-refractivity contribution in [1.29, 1.82) is 5.26 Å². The Kier molecular flexibility index (Phi) is 7.31. The van der Waals surface area contributed by atoms with Gasteiger partial charge in [-0.1, -0.05) is 24.3 Å². The maximum absolute atomic E-state index is 12.6. The SMILES string of the molecule is C[C@@H]1CCCCN1C(=O)COC(=O)c1ccccc1SCc1ccc(C#N)cc1. The molecule has 0 radical (unpaired) electrons. The number of hydrogen-bond acceptors (Lipinski definition) is 5. The molecule has 1 atom stereocenters. The molecule has 0 N–H and O–H groups in total. The Morgan fingerprint density at radius 3 is 2.66 bits per heavy atom. The van der Waals surface area contributed by atoms with E-state index in [1.807, 2.05) is 36.1 Å². The summed E-state index contributed by atoms with van der Waals surface area (Å²) in [7, 11) is 0. The average Bonchev–Trinajstić information content (AvgIpc) is 2.76. The third-order valence-corrected chi connectivity index (χ3v) is 6.18. The van der Waals surface area contributed by atoms with Crippen molar-refractivity contribution in [1.82, 2.24) is 4.90 Å². The highest BCUT2D eigenvalue weighted by atomic mass is 32.2. The standard InChI is InChI=1S/C23H24N2O3S/c1-17-6-4-5-13-25(17)22(26)15-28-23(27)20-7-2-3-8-21(20)29-16-19-11-9-18(14-24)10-12-19/h2-3,7-12,17H,4-6,13,15-16H2,1H3/t17-/m1/s1. The van der Waals surface area contributed by atoms with Crippen LogP contribution in [0.2, 0.25) is 0 Å². The second-order valence-electron chi connectivity index (χ2n) is 7.10. The average molecular weight is 409 g/mol. The first-order valence-corrected chi connectivity index (χ1v) is 10.7. The van der Waals surface area contributed by atoms with Crippen LogP contribution in [0.1, 0.15) is 47.7 Å². The number of ether oxygens (including phenoxy) is 1. The van der Waals surface area contributed by atoms with Crippen LogP contribution in [0.15, 0.2) is 53.4 Å². The van der Waals surface area contributed by atoms with Gasteiger partial charge in [0.2, 0.25) is 0 Å². The molecule has 1 heterocycles. The number of nitrogens with zero attached hydrogens (tertiary/aromatic N) is 2. The van der Waals surface area contributed by atoms with Gasteiger partial charge in [0, 0.05) is 23.2 Å². The Morgan fingerprint density at radius 1 is 1.17 bits per heavy atom. The highest BCUT2D eigenvalue weighted by Gasteiger charge is 2.24. The lowest BCUT2D eigenvalue weighted by atomic mass is 10.0. The van der Waals surface area contributed by atoms with Crippen LogP contribution < -0.4 is 0 Å². The third-order valence-electron chi connectivity index (χ3n) is 5.03. The first-order chi connectivity index (χ1) is 14.1. The van der Waals surface area contributed by atoms with Crippen molar-refractivity contribution in [3.8, 4) is 6.07 Å². The van der Waals surface area contributed by atoms with Gasteiger partial charge in [0.25, 0.3) is 5.91 Å². The number of hydrogen-bond donors (Lipinski definition) is 0. The van der Waals surface area contributed by atoms with Gasteiger partial charge < -0.3 is 9.64 Å². The summed E-state index contributed by atoms with van der Waals surface area (Å²) in [5, 5.41) is 8.89. The van der Waals surface area contributed by atoms with E-state index in [1.165, 1.54) is 11.8 Å². The second kappa shape index (κ2) is 10.1. The third kappa shape index (κ3) is 5.61. The number of amides is 1. The van der Waals surface area contributed by atoms with E-state index in [2.05, 4.69) is 6.07 Å². The quantitative estimate of drug-likeness (QED) is 0.523. The van der Waals surface area contributed by atoms with E-state index < -0.39 is 5.97 Å². The minimum atomic E-state index is -0.481. The lowest BCUT2D eigenvalue weighted by molar-refractivity contribution is -0.137. The molecule has 1 aliphatic heterocycles. The Balaban J connectivity index is 1.59. The Labute approximate surface area is 175 Å².